The van der Waals surface area contributed by atoms with Gasteiger partial charge < -0.3 is 15.0 Å². The number of morpholine rings is 1. The zero-order valence-electron chi connectivity index (χ0n) is 9.89. The molecule has 1 fully saturated rings. The Morgan fingerprint density at radius 1 is 1.65 bits per heavy atom. The standard InChI is InChI=1S/C11H17N3O2S/c1-9(10-12-2-7-17-10)8-13-11(15)14-3-5-16-6-4-14/h2,7,9H,3-6,8H2,1H3,(H,13,15). The number of hydrogen-bond acceptors (Lipinski definition) is 4. The van der Waals surface area contributed by atoms with E-state index in [9.17, 15) is 4.79 Å². The Morgan fingerprint density at radius 3 is 3.06 bits per heavy atom. The van der Waals surface area contributed by atoms with Gasteiger partial charge in [0.1, 0.15) is 0 Å². The van der Waals surface area contributed by atoms with Crippen LogP contribution in [0.1, 0.15) is 17.8 Å². The molecular weight excluding hydrogens is 238 g/mol. The summed E-state index contributed by atoms with van der Waals surface area (Å²) in [6, 6.07) is -0.00305. The highest BCUT2D eigenvalue weighted by Gasteiger charge is 2.17. The maximum absolute atomic E-state index is 11.8. The Hall–Kier alpha value is -1.14. The predicted octanol–water partition coefficient (Wildman–Crippen LogP) is 1.29. The monoisotopic (exact) mass is 255 g/mol. The first-order valence-electron chi connectivity index (χ1n) is 5.77. The van der Waals surface area contributed by atoms with Crippen molar-refractivity contribution in [2.24, 2.45) is 0 Å². The van der Waals surface area contributed by atoms with Crippen molar-refractivity contribution in [3.8, 4) is 0 Å². The Bertz CT molecular complexity index is 350. The van der Waals surface area contributed by atoms with Crippen LogP contribution in [-0.2, 0) is 4.74 Å². The van der Waals surface area contributed by atoms with Crippen molar-refractivity contribution in [1.29, 1.82) is 0 Å². The van der Waals surface area contributed by atoms with Crippen molar-refractivity contribution in [2.75, 3.05) is 32.8 Å². The van der Waals surface area contributed by atoms with Gasteiger partial charge in [-0.1, -0.05) is 6.92 Å². The fraction of sp³-hybridized carbons (Fsp3) is 0.636. The van der Waals surface area contributed by atoms with Gasteiger partial charge in [0.2, 0.25) is 0 Å². The van der Waals surface area contributed by atoms with Gasteiger partial charge in [-0.15, -0.1) is 11.3 Å². The summed E-state index contributed by atoms with van der Waals surface area (Å²) in [6.45, 7) is 5.32. The van der Waals surface area contributed by atoms with Crippen LogP contribution in [0.3, 0.4) is 0 Å². The molecule has 1 unspecified atom stereocenters. The third-order valence-electron chi connectivity index (χ3n) is 2.73. The highest BCUT2D eigenvalue weighted by molar-refractivity contribution is 7.09. The van der Waals surface area contributed by atoms with Crippen LogP contribution in [0.25, 0.3) is 0 Å². The van der Waals surface area contributed by atoms with Crippen molar-refractivity contribution in [2.45, 2.75) is 12.8 Å². The third-order valence-corrected chi connectivity index (χ3v) is 3.74. The number of carbonyl (C=O) groups is 1. The number of amides is 2. The quantitative estimate of drug-likeness (QED) is 0.885. The molecule has 1 aliphatic heterocycles. The summed E-state index contributed by atoms with van der Waals surface area (Å²) < 4.78 is 5.20. The molecule has 17 heavy (non-hydrogen) atoms. The molecule has 1 saturated heterocycles. The summed E-state index contributed by atoms with van der Waals surface area (Å²) in [5.74, 6) is 0.264. The Kier molecular flexibility index (Phi) is 4.33. The van der Waals surface area contributed by atoms with E-state index in [2.05, 4.69) is 17.2 Å². The van der Waals surface area contributed by atoms with Crippen LogP contribution >= 0.6 is 11.3 Å². The normalized spacial score (nSPS) is 17.8. The third kappa shape index (κ3) is 3.41. The van der Waals surface area contributed by atoms with Gasteiger partial charge in [0.15, 0.2) is 0 Å². The summed E-state index contributed by atoms with van der Waals surface area (Å²) in [6.07, 6.45) is 1.79. The number of nitrogens with one attached hydrogen (secondary N) is 1. The summed E-state index contributed by atoms with van der Waals surface area (Å²) in [5, 5.41) is 5.95. The minimum Gasteiger partial charge on any atom is -0.378 e. The molecule has 2 amide bonds. The first-order valence-corrected chi connectivity index (χ1v) is 6.65. The lowest BCUT2D eigenvalue weighted by atomic mass is 10.2. The lowest BCUT2D eigenvalue weighted by Crippen LogP contribution is -2.46. The smallest absolute Gasteiger partial charge is 0.317 e. The number of urea groups is 1. The van der Waals surface area contributed by atoms with E-state index in [0.717, 1.165) is 5.01 Å². The number of hydrogen-bond donors (Lipinski definition) is 1. The maximum atomic E-state index is 11.8. The van der Waals surface area contributed by atoms with Crippen LogP contribution in [0.5, 0.6) is 0 Å². The molecule has 1 aromatic heterocycles. The van der Waals surface area contributed by atoms with E-state index < -0.39 is 0 Å². The Balaban J connectivity index is 1.75. The highest BCUT2D eigenvalue weighted by Crippen LogP contribution is 2.16. The molecule has 1 atom stereocenters. The Morgan fingerprint density at radius 2 is 2.41 bits per heavy atom. The molecule has 2 heterocycles. The molecule has 1 aromatic rings. The summed E-state index contributed by atoms with van der Waals surface area (Å²) >= 11 is 1.62. The molecular formula is C11H17N3O2S. The van der Waals surface area contributed by atoms with Crippen LogP contribution in [-0.4, -0.2) is 48.8 Å². The van der Waals surface area contributed by atoms with Crippen LogP contribution in [0, 0.1) is 0 Å². The number of carbonyl (C=O) groups excluding carboxylic acids is 1. The van der Waals surface area contributed by atoms with E-state index in [1.54, 1.807) is 22.4 Å². The largest absolute Gasteiger partial charge is 0.378 e. The van der Waals surface area contributed by atoms with Crippen molar-refractivity contribution in [3.63, 3.8) is 0 Å². The van der Waals surface area contributed by atoms with Gasteiger partial charge in [0.05, 0.1) is 18.2 Å². The molecule has 0 aromatic carbocycles. The molecule has 6 heteroatoms. The fourth-order valence-corrected chi connectivity index (χ4v) is 2.38. The molecule has 5 nitrogen and oxygen atoms in total. The lowest BCUT2D eigenvalue weighted by molar-refractivity contribution is 0.0532. The second kappa shape index (κ2) is 5.97. The predicted molar refractivity (Wildman–Crippen MR) is 66.3 cm³/mol. The van der Waals surface area contributed by atoms with Crippen molar-refractivity contribution in [3.05, 3.63) is 16.6 Å². The number of ether oxygens (including phenoxy) is 1. The molecule has 0 bridgehead atoms. The van der Waals surface area contributed by atoms with Gasteiger partial charge in [-0.05, 0) is 0 Å². The van der Waals surface area contributed by atoms with E-state index in [1.165, 1.54) is 0 Å². The van der Waals surface area contributed by atoms with Crippen LogP contribution in [0.15, 0.2) is 11.6 Å². The van der Waals surface area contributed by atoms with Gasteiger partial charge in [-0.3, -0.25) is 0 Å². The zero-order chi connectivity index (χ0) is 12.1. The van der Waals surface area contributed by atoms with Gasteiger partial charge in [0.25, 0.3) is 0 Å². The number of nitrogens with zero attached hydrogens (tertiary/aromatic N) is 2. The van der Waals surface area contributed by atoms with Gasteiger partial charge in [0, 0.05) is 37.1 Å². The molecule has 94 valence electrons. The summed E-state index contributed by atoms with van der Waals surface area (Å²) in [5.41, 5.74) is 0. The molecule has 0 saturated carbocycles. The van der Waals surface area contributed by atoms with Crippen LogP contribution in [0.2, 0.25) is 0 Å². The number of thiazole rings is 1. The molecule has 1 aliphatic rings. The molecule has 2 rings (SSSR count). The van der Waals surface area contributed by atoms with Crippen LogP contribution < -0.4 is 5.32 Å². The first kappa shape index (κ1) is 12.3. The highest BCUT2D eigenvalue weighted by atomic mass is 32.1. The lowest BCUT2D eigenvalue weighted by Gasteiger charge is -2.27. The minimum absolute atomic E-state index is 0.00305. The fourth-order valence-electron chi connectivity index (χ4n) is 1.68. The maximum Gasteiger partial charge on any atom is 0.317 e. The molecule has 1 N–H and O–H groups in total. The van der Waals surface area contributed by atoms with Gasteiger partial charge >= 0.3 is 6.03 Å². The van der Waals surface area contributed by atoms with Crippen molar-refractivity contribution in [1.82, 2.24) is 15.2 Å². The topological polar surface area (TPSA) is 54.5 Å². The van der Waals surface area contributed by atoms with E-state index in [0.29, 0.717) is 32.8 Å². The van der Waals surface area contributed by atoms with Gasteiger partial charge in [-0.25, -0.2) is 9.78 Å². The van der Waals surface area contributed by atoms with E-state index in [4.69, 9.17) is 4.74 Å². The van der Waals surface area contributed by atoms with Gasteiger partial charge in [-0.2, -0.15) is 0 Å². The summed E-state index contributed by atoms with van der Waals surface area (Å²) in [4.78, 5) is 17.8. The molecule has 0 spiro atoms. The average Bonchev–Trinajstić information content (AvgIpc) is 2.90. The van der Waals surface area contributed by atoms with E-state index in [-0.39, 0.29) is 11.9 Å². The van der Waals surface area contributed by atoms with Crippen molar-refractivity contribution >= 4 is 17.4 Å². The average molecular weight is 255 g/mol. The second-order valence-electron chi connectivity index (χ2n) is 4.06. The van der Waals surface area contributed by atoms with Crippen LogP contribution in [0.4, 0.5) is 4.79 Å². The second-order valence-corrected chi connectivity index (χ2v) is 4.98. The first-order chi connectivity index (χ1) is 8.27. The molecule has 0 aliphatic carbocycles. The minimum atomic E-state index is -0.00305. The zero-order valence-corrected chi connectivity index (χ0v) is 10.7. The number of rotatable bonds is 3. The summed E-state index contributed by atoms with van der Waals surface area (Å²) in [7, 11) is 0. The number of aromatic nitrogens is 1. The van der Waals surface area contributed by atoms with E-state index >= 15 is 0 Å². The van der Waals surface area contributed by atoms with E-state index in [1.807, 2.05) is 5.38 Å². The Labute approximate surface area is 105 Å². The SMILES string of the molecule is CC(CNC(=O)N1CCOCC1)c1nccs1. The van der Waals surface area contributed by atoms with Crippen molar-refractivity contribution < 1.29 is 9.53 Å². The molecule has 0 radical (unpaired) electrons.